The van der Waals surface area contributed by atoms with Crippen LogP contribution in [0.5, 0.6) is 0 Å². The predicted octanol–water partition coefficient (Wildman–Crippen LogP) is 5.51. The van der Waals surface area contributed by atoms with Gasteiger partial charge in [-0.2, -0.15) is 23.5 Å². The molecule has 1 heterocycles. The van der Waals surface area contributed by atoms with E-state index in [0.29, 0.717) is 23.1 Å². The summed E-state index contributed by atoms with van der Waals surface area (Å²) in [5, 5.41) is 10.3. The van der Waals surface area contributed by atoms with E-state index in [1.807, 2.05) is 6.92 Å². The molecule has 1 aromatic heterocycles. The van der Waals surface area contributed by atoms with Crippen molar-refractivity contribution in [1.82, 2.24) is 15.4 Å². The van der Waals surface area contributed by atoms with Crippen molar-refractivity contribution in [2.24, 2.45) is 0 Å². The number of hydrogen-bond donors (Lipinski definition) is 1. The maximum Gasteiger partial charge on any atom is 0.416 e. The molecule has 1 unspecified atom stereocenters. The molecule has 4 rings (SSSR count). The number of rotatable bonds is 4. The number of nitrogens with one attached hydrogen (secondary N) is 1. The number of hydrogen-bond acceptors (Lipinski definition) is 4. The zero-order valence-electron chi connectivity index (χ0n) is 17.3. The zero-order valence-corrected chi connectivity index (χ0v) is 18.1. The van der Waals surface area contributed by atoms with Crippen LogP contribution in [0.2, 0.25) is 0 Å². The number of alkyl halides is 3. The predicted molar refractivity (Wildman–Crippen MR) is 115 cm³/mol. The fourth-order valence-electron chi connectivity index (χ4n) is 3.62. The molecule has 0 saturated carbocycles. The van der Waals surface area contributed by atoms with Crippen LogP contribution < -0.4 is 0 Å². The Kier molecular flexibility index (Phi) is 5.32. The Labute approximate surface area is 183 Å². The minimum Gasteiger partial charge on any atom is -0.221 e. The lowest BCUT2D eigenvalue weighted by molar-refractivity contribution is -0.137. The Morgan fingerprint density at radius 2 is 1.69 bits per heavy atom. The van der Waals surface area contributed by atoms with E-state index >= 15 is 0 Å². The van der Waals surface area contributed by atoms with Gasteiger partial charge in [-0.05, 0) is 55.2 Å². The van der Waals surface area contributed by atoms with Gasteiger partial charge in [-0.3, -0.25) is 0 Å². The summed E-state index contributed by atoms with van der Waals surface area (Å²) in [6.07, 6.45) is 2.79. The summed E-state index contributed by atoms with van der Waals surface area (Å²) in [4.78, 5) is 0. The van der Waals surface area contributed by atoms with Gasteiger partial charge in [0.2, 0.25) is 14.9 Å². The number of aryl methyl sites for hydroxylation is 1. The number of aromatic amines is 1. The maximum absolute atomic E-state index is 13.4. The van der Waals surface area contributed by atoms with Gasteiger partial charge in [0.15, 0.2) is 0 Å². The van der Waals surface area contributed by atoms with E-state index in [9.17, 15) is 21.6 Å². The van der Waals surface area contributed by atoms with E-state index in [0.717, 1.165) is 17.7 Å². The lowest BCUT2D eigenvalue weighted by atomic mass is 9.97. The molecule has 3 aromatic rings. The molecule has 2 aromatic carbocycles. The van der Waals surface area contributed by atoms with Crippen molar-refractivity contribution in [2.75, 3.05) is 0 Å². The monoisotopic (exact) mass is 459 g/mol. The Morgan fingerprint density at radius 3 is 2.31 bits per heavy atom. The molecule has 32 heavy (non-hydrogen) atoms. The zero-order chi connectivity index (χ0) is 23.1. The molecule has 1 N–H and O–H groups in total. The molecule has 5 nitrogen and oxygen atoms in total. The molecule has 0 spiro atoms. The van der Waals surface area contributed by atoms with Gasteiger partial charge in [0.1, 0.15) is 5.69 Å². The maximum atomic E-state index is 13.4. The van der Waals surface area contributed by atoms with Crippen LogP contribution in [0.25, 0.3) is 22.4 Å². The molecule has 1 aliphatic carbocycles. The van der Waals surface area contributed by atoms with Crippen LogP contribution in [0.4, 0.5) is 13.2 Å². The third-order valence-corrected chi connectivity index (χ3v) is 7.97. The van der Waals surface area contributed by atoms with Crippen LogP contribution >= 0.6 is 0 Å². The van der Waals surface area contributed by atoms with E-state index < -0.39 is 26.3 Å². The van der Waals surface area contributed by atoms with E-state index in [2.05, 4.69) is 15.4 Å². The lowest BCUT2D eigenvalue weighted by Crippen LogP contribution is -2.34. The normalized spacial score (nSPS) is 18.8. The second-order valence-corrected chi connectivity index (χ2v) is 10.2. The van der Waals surface area contributed by atoms with Crippen LogP contribution in [0.1, 0.15) is 24.5 Å². The third kappa shape index (κ3) is 3.77. The molecular weight excluding hydrogens is 439 g/mol. The van der Waals surface area contributed by atoms with Crippen molar-refractivity contribution in [2.45, 2.75) is 36.2 Å². The van der Waals surface area contributed by atoms with E-state index in [1.54, 1.807) is 49.4 Å². The van der Waals surface area contributed by atoms with Gasteiger partial charge in [-0.25, -0.2) is 8.42 Å². The molecule has 0 fully saturated rings. The smallest absolute Gasteiger partial charge is 0.221 e. The largest absolute Gasteiger partial charge is 0.416 e. The fraction of sp³-hybridized carbons (Fsp3) is 0.217. The van der Waals surface area contributed by atoms with Gasteiger partial charge in [-0.1, -0.05) is 48.6 Å². The molecular formula is C23H20F3N3O2S. The highest BCUT2D eigenvalue weighted by Crippen LogP contribution is 2.38. The standard InChI is InChI=1S/C23H20F3N3O2S/c1-15-6-7-17(16-8-10-18(11-9-16)23(24,25)26)14-19(15)20-21(28-29-27-20)32(30,31)22(2)12-4-3-5-13-22/h3-12,14H,13H2,1-2H3,(H,27,28,29). The molecule has 166 valence electrons. The number of H-pyrrole nitrogens is 1. The van der Waals surface area contributed by atoms with E-state index in [-0.39, 0.29) is 10.7 Å². The first-order valence-electron chi connectivity index (χ1n) is 9.81. The summed E-state index contributed by atoms with van der Waals surface area (Å²) in [6.45, 7) is 3.44. The van der Waals surface area contributed by atoms with E-state index in [4.69, 9.17) is 0 Å². The molecule has 0 aliphatic heterocycles. The summed E-state index contributed by atoms with van der Waals surface area (Å²) in [6, 6.07) is 10.1. The highest BCUT2D eigenvalue weighted by Gasteiger charge is 2.41. The van der Waals surface area contributed by atoms with Crippen molar-refractivity contribution in [3.63, 3.8) is 0 Å². The number of halogens is 3. The second kappa shape index (κ2) is 7.74. The van der Waals surface area contributed by atoms with Gasteiger partial charge in [-0.15, -0.1) is 5.10 Å². The van der Waals surface area contributed by atoms with Crippen LogP contribution in [0, 0.1) is 6.92 Å². The molecule has 1 aliphatic rings. The topological polar surface area (TPSA) is 75.7 Å². The second-order valence-electron chi connectivity index (χ2n) is 7.89. The first-order valence-corrected chi connectivity index (χ1v) is 11.3. The molecule has 0 amide bonds. The molecule has 0 saturated heterocycles. The van der Waals surface area contributed by atoms with Crippen molar-refractivity contribution < 1.29 is 21.6 Å². The average molecular weight is 459 g/mol. The van der Waals surface area contributed by atoms with Crippen molar-refractivity contribution in [3.05, 3.63) is 77.9 Å². The van der Waals surface area contributed by atoms with Crippen LogP contribution in [0.3, 0.4) is 0 Å². The Morgan fingerprint density at radius 1 is 1.00 bits per heavy atom. The van der Waals surface area contributed by atoms with Crippen molar-refractivity contribution in [1.29, 1.82) is 0 Å². The Balaban J connectivity index is 1.78. The van der Waals surface area contributed by atoms with Crippen LogP contribution in [0.15, 0.2) is 71.8 Å². The summed E-state index contributed by atoms with van der Waals surface area (Å²) in [5.74, 6) is 0. The Hall–Kier alpha value is -3.20. The van der Waals surface area contributed by atoms with Gasteiger partial charge >= 0.3 is 6.18 Å². The number of allylic oxidation sites excluding steroid dienone is 3. The third-order valence-electron chi connectivity index (χ3n) is 5.64. The minimum atomic E-state index is -4.42. The summed E-state index contributed by atoms with van der Waals surface area (Å²) in [7, 11) is -3.88. The summed E-state index contributed by atoms with van der Waals surface area (Å²) >= 11 is 0. The lowest BCUT2D eigenvalue weighted by Gasteiger charge is -2.25. The molecule has 1 atom stereocenters. The fourth-order valence-corrected chi connectivity index (χ4v) is 5.21. The number of benzene rings is 2. The minimum absolute atomic E-state index is 0.160. The SMILES string of the molecule is Cc1ccc(-c2ccc(C(F)(F)F)cc2)cc1-c1n[nH]nc1S(=O)(=O)C1(C)C=CC=CC1. The molecule has 0 radical (unpaired) electrons. The number of sulfone groups is 1. The first kappa shape index (κ1) is 22.0. The molecule has 0 bridgehead atoms. The van der Waals surface area contributed by atoms with E-state index in [1.165, 1.54) is 12.1 Å². The van der Waals surface area contributed by atoms with Gasteiger partial charge in [0.25, 0.3) is 0 Å². The van der Waals surface area contributed by atoms with Gasteiger partial charge < -0.3 is 0 Å². The van der Waals surface area contributed by atoms with Gasteiger partial charge in [0, 0.05) is 5.56 Å². The average Bonchev–Trinajstić information content (AvgIpc) is 3.24. The van der Waals surface area contributed by atoms with Crippen molar-refractivity contribution in [3.8, 4) is 22.4 Å². The highest BCUT2D eigenvalue weighted by atomic mass is 32.2. The van der Waals surface area contributed by atoms with Gasteiger partial charge in [0.05, 0.1) is 10.3 Å². The van der Waals surface area contributed by atoms with Crippen molar-refractivity contribution >= 4 is 9.84 Å². The molecule has 9 heteroatoms. The quantitative estimate of drug-likeness (QED) is 0.558. The number of aromatic nitrogens is 3. The Bertz CT molecular complexity index is 1320. The number of nitrogens with zero attached hydrogens (tertiary/aromatic N) is 2. The highest BCUT2D eigenvalue weighted by molar-refractivity contribution is 7.93. The van der Waals surface area contributed by atoms with Crippen LogP contribution in [-0.4, -0.2) is 28.6 Å². The summed E-state index contributed by atoms with van der Waals surface area (Å²) < 4.78 is 64.4. The summed E-state index contributed by atoms with van der Waals surface area (Å²) in [5.41, 5.74) is 1.95. The van der Waals surface area contributed by atoms with Crippen LogP contribution in [-0.2, 0) is 16.0 Å². The first-order chi connectivity index (χ1) is 15.0.